The number of hydrogen-bond donors (Lipinski definition) is 0. The minimum absolute atomic E-state index is 0.714. The molecule has 0 aliphatic carbocycles. The zero-order valence-electron chi connectivity index (χ0n) is 30.4. The molecule has 0 saturated heterocycles. The van der Waals surface area contributed by atoms with Crippen molar-refractivity contribution in [3.05, 3.63) is 206 Å². The fraction of sp³-hybridized carbons (Fsp3) is 0. The van der Waals surface area contributed by atoms with E-state index in [0.717, 1.165) is 50.6 Å². The summed E-state index contributed by atoms with van der Waals surface area (Å²) in [5.74, 6) is 0.714. The van der Waals surface area contributed by atoms with Gasteiger partial charge in [-0.1, -0.05) is 140 Å². The average Bonchev–Trinajstić information content (AvgIpc) is 3.87. The van der Waals surface area contributed by atoms with Crippen LogP contribution in [0.2, 0.25) is 0 Å². The monoisotopic (exact) mass is 714 g/mol. The summed E-state index contributed by atoms with van der Waals surface area (Å²) in [6.45, 7) is 0. The average molecular weight is 715 g/mol. The summed E-state index contributed by atoms with van der Waals surface area (Å²) >= 11 is 0. The van der Waals surface area contributed by atoms with E-state index in [1.54, 1.807) is 0 Å². The number of nitrogens with zero attached hydrogens (tertiary/aromatic N) is 4. The summed E-state index contributed by atoms with van der Waals surface area (Å²) in [7, 11) is 0. The molecule has 0 atom stereocenters. The summed E-state index contributed by atoms with van der Waals surface area (Å²) in [5.41, 5.74) is 13.1. The molecule has 3 aromatic heterocycles. The maximum atomic E-state index is 5.08. The van der Waals surface area contributed by atoms with Crippen LogP contribution in [0.1, 0.15) is 0 Å². The molecular formula is C52H34N4. The molecule has 4 heteroatoms. The SMILES string of the molecule is c1ccc(-c2cc(-c3cccc(-c4ccc(-n5c6ccccc6c6c7ccc8c(ccn8-c8ccccc8)c7ccc65)cc4)c3)nc(-c3ccccc3)n2)cc1. The Hall–Kier alpha value is -7.56. The molecule has 0 bridgehead atoms. The minimum atomic E-state index is 0.714. The Balaban J connectivity index is 0.993. The molecule has 0 amide bonds. The van der Waals surface area contributed by atoms with Crippen LogP contribution < -0.4 is 0 Å². The Bertz CT molecular complexity index is 3160. The van der Waals surface area contributed by atoms with Crippen molar-refractivity contribution in [1.82, 2.24) is 19.1 Å². The van der Waals surface area contributed by atoms with Gasteiger partial charge in [0.1, 0.15) is 0 Å². The molecule has 4 nitrogen and oxygen atoms in total. The molecule has 0 N–H and O–H groups in total. The summed E-state index contributed by atoms with van der Waals surface area (Å²) in [6.07, 6.45) is 2.18. The standard InChI is InChI=1S/C52H34N4/c1-4-13-36(14-5-1)46-34-47(54-52(53-46)37-15-6-2-7-16-37)39-18-12-17-38(33-39)35-23-25-41(26-24-35)56-49-22-11-10-21-45(49)51-44-28-29-48-43(42(44)27-30-50(51)56)31-32-55(48)40-19-8-3-9-20-40/h1-34H. The number of para-hydroxylation sites is 2. The molecule has 56 heavy (non-hydrogen) atoms. The number of rotatable bonds is 6. The van der Waals surface area contributed by atoms with Gasteiger partial charge in [-0.3, -0.25) is 0 Å². The number of fused-ring (bicyclic) bond motifs is 7. The van der Waals surface area contributed by atoms with Gasteiger partial charge in [0.05, 0.1) is 27.9 Å². The Morgan fingerprint density at radius 3 is 1.73 bits per heavy atom. The Morgan fingerprint density at radius 2 is 0.946 bits per heavy atom. The molecule has 0 fully saturated rings. The summed E-state index contributed by atoms with van der Waals surface area (Å²) < 4.78 is 4.68. The Kier molecular flexibility index (Phi) is 7.46. The molecular weight excluding hydrogens is 681 g/mol. The highest BCUT2D eigenvalue weighted by Gasteiger charge is 2.17. The first-order valence-electron chi connectivity index (χ1n) is 19.0. The first-order valence-corrected chi connectivity index (χ1v) is 19.0. The first kappa shape index (κ1) is 31.9. The summed E-state index contributed by atoms with van der Waals surface area (Å²) in [6, 6.07) is 71.0. The third-order valence-electron chi connectivity index (χ3n) is 11.0. The highest BCUT2D eigenvalue weighted by molar-refractivity contribution is 6.25. The fourth-order valence-electron chi connectivity index (χ4n) is 8.32. The van der Waals surface area contributed by atoms with E-state index in [1.807, 2.05) is 36.4 Å². The van der Waals surface area contributed by atoms with Crippen LogP contribution >= 0.6 is 0 Å². The van der Waals surface area contributed by atoms with Crippen molar-refractivity contribution in [3.63, 3.8) is 0 Å². The second kappa shape index (κ2) is 13.1. The number of hydrogen-bond acceptors (Lipinski definition) is 2. The van der Waals surface area contributed by atoms with Crippen LogP contribution in [0.4, 0.5) is 0 Å². The molecule has 262 valence electrons. The normalized spacial score (nSPS) is 11.6. The van der Waals surface area contributed by atoms with Gasteiger partial charge in [-0.2, -0.15) is 0 Å². The molecule has 0 unspecified atom stereocenters. The largest absolute Gasteiger partial charge is 0.317 e. The van der Waals surface area contributed by atoms with Gasteiger partial charge >= 0.3 is 0 Å². The third-order valence-corrected chi connectivity index (χ3v) is 11.0. The van der Waals surface area contributed by atoms with Crippen LogP contribution in [0, 0.1) is 0 Å². The predicted octanol–water partition coefficient (Wildman–Crippen LogP) is 13.3. The zero-order valence-corrected chi connectivity index (χ0v) is 30.4. The smallest absolute Gasteiger partial charge is 0.160 e. The highest BCUT2D eigenvalue weighted by Crippen LogP contribution is 2.40. The van der Waals surface area contributed by atoms with Gasteiger partial charge in [0.25, 0.3) is 0 Å². The third kappa shape index (κ3) is 5.31. The second-order valence-electron chi connectivity index (χ2n) is 14.2. The Labute approximate surface area is 324 Å². The lowest BCUT2D eigenvalue weighted by molar-refractivity contribution is 1.13. The number of aromatic nitrogens is 4. The van der Waals surface area contributed by atoms with Crippen molar-refractivity contribution in [3.8, 4) is 56.4 Å². The van der Waals surface area contributed by atoms with E-state index >= 15 is 0 Å². The fourth-order valence-corrected chi connectivity index (χ4v) is 8.32. The van der Waals surface area contributed by atoms with E-state index in [4.69, 9.17) is 9.97 Å². The van der Waals surface area contributed by atoms with Crippen molar-refractivity contribution in [2.24, 2.45) is 0 Å². The van der Waals surface area contributed by atoms with Gasteiger partial charge in [0.2, 0.25) is 0 Å². The van der Waals surface area contributed by atoms with Crippen LogP contribution in [0.5, 0.6) is 0 Å². The van der Waals surface area contributed by atoms with E-state index in [9.17, 15) is 0 Å². The second-order valence-corrected chi connectivity index (χ2v) is 14.2. The lowest BCUT2D eigenvalue weighted by atomic mass is 10.00. The lowest BCUT2D eigenvalue weighted by Crippen LogP contribution is -1.96. The maximum absolute atomic E-state index is 5.08. The van der Waals surface area contributed by atoms with Crippen LogP contribution in [0.3, 0.4) is 0 Å². The minimum Gasteiger partial charge on any atom is -0.317 e. The van der Waals surface area contributed by atoms with Gasteiger partial charge in [-0.25, -0.2) is 9.97 Å². The Morgan fingerprint density at radius 1 is 0.321 bits per heavy atom. The van der Waals surface area contributed by atoms with Crippen molar-refractivity contribution in [2.45, 2.75) is 0 Å². The van der Waals surface area contributed by atoms with Gasteiger partial charge in [-0.05, 0) is 82.6 Å². The van der Waals surface area contributed by atoms with Crippen LogP contribution in [-0.2, 0) is 0 Å². The maximum Gasteiger partial charge on any atom is 0.160 e. The van der Waals surface area contributed by atoms with E-state index < -0.39 is 0 Å². The molecule has 0 saturated carbocycles. The van der Waals surface area contributed by atoms with E-state index in [0.29, 0.717) is 5.82 Å². The zero-order chi connectivity index (χ0) is 37.0. The quantitative estimate of drug-likeness (QED) is 0.172. The van der Waals surface area contributed by atoms with Crippen molar-refractivity contribution in [2.75, 3.05) is 0 Å². The van der Waals surface area contributed by atoms with Crippen molar-refractivity contribution in [1.29, 1.82) is 0 Å². The predicted molar refractivity (Wildman–Crippen MR) is 232 cm³/mol. The summed E-state index contributed by atoms with van der Waals surface area (Å²) in [4.78, 5) is 10.1. The van der Waals surface area contributed by atoms with Gasteiger partial charge in [0, 0.05) is 50.4 Å². The van der Waals surface area contributed by atoms with Crippen molar-refractivity contribution < 1.29 is 0 Å². The van der Waals surface area contributed by atoms with E-state index in [-0.39, 0.29) is 0 Å². The van der Waals surface area contributed by atoms with Gasteiger partial charge in [-0.15, -0.1) is 0 Å². The van der Waals surface area contributed by atoms with Gasteiger partial charge < -0.3 is 9.13 Å². The molecule has 11 aromatic rings. The van der Waals surface area contributed by atoms with E-state index in [1.165, 1.54) is 43.5 Å². The molecule has 0 spiro atoms. The van der Waals surface area contributed by atoms with Gasteiger partial charge in [0.15, 0.2) is 5.82 Å². The molecule has 0 radical (unpaired) electrons. The molecule has 3 heterocycles. The molecule has 8 aromatic carbocycles. The topological polar surface area (TPSA) is 35.6 Å². The highest BCUT2D eigenvalue weighted by atomic mass is 15.0. The number of benzene rings is 8. The van der Waals surface area contributed by atoms with Crippen LogP contribution in [0.25, 0.3) is 99.9 Å². The van der Waals surface area contributed by atoms with E-state index in [2.05, 4.69) is 179 Å². The first-order chi connectivity index (χ1) is 27.8. The summed E-state index contributed by atoms with van der Waals surface area (Å²) in [5, 5.41) is 6.31. The molecule has 0 aliphatic rings. The lowest BCUT2D eigenvalue weighted by Gasteiger charge is -2.12. The molecule has 0 aliphatic heterocycles. The van der Waals surface area contributed by atoms with Crippen LogP contribution in [0.15, 0.2) is 206 Å². The molecule has 11 rings (SSSR count). The van der Waals surface area contributed by atoms with Crippen molar-refractivity contribution >= 4 is 43.5 Å². The van der Waals surface area contributed by atoms with Crippen LogP contribution in [-0.4, -0.2) is 19.1 Å².